The van der Waals surface area contributed by atoms with Crippen LogP contribution < -0.4 is 9.64 Å². The number of benzene rings is 2. The normalized spacial score (nSPS) is 15.8. The van der Waals surface area contributed by atoms with E-state index in [9.17, 15) is 9.59 Å². The van der Waals surface area contributed by atoms with Crippen LogP contribution in [0.25, 0.3) is 11.3 Å². The summed E-state index contributed by atoms with van der Waals surface area (Å²) >= 11 is 0. The second-order valence-corrected chi connectivity index (χ2v) is 9.26. The van der Waals surface area contributed by atoms with Gasteiger partial charge < -0.3 is 19.4 Å². The molecular weight excluding hydrogens is 454 g/mol. The molecule has 5 rings (SSSR count). The van der Waals surface area contributed by atoms with Crippen molar-refractivity contribution in [2.45, 2.75) is 25.3 Å². The Balaban J connectivity index is 1.20. The smallest absolute Gasteiger partial charge is 0.254 e. The van der Waals surface area contributed by atoms with Gasteiger partial charge in [-0.2, -0.15) is 0 Å². The predicted octanol–water partition coefficient (Wildman–Crippen LogP) is 3.50. The molecule has 186 valence electrons. The van der Waals surface area contributed by atoms with Crippen LogP contribution in [0, 0.1) is 0 Å². The summed E-state index contributed by atoms with van der Waals surface area (Å²) in [5.74, 6) is 1.53. The molecule has 8 nitrogen and oxygen atoms in total. The zero-order valence-corrected chi connectivity index (χ0v) is 20.5. The molecule has 0 spiro atoms. The van der Waals surface area contributed by atoms with Gasteiger partial charge in [-0.25, -0.2) is 0 Å². The van der Waals surface area contributed by atoms with Gasteiger partial charge in [-0.3, -0.25) is 9.59 Å². The second kappa shape index (κ2) is 10.8. The van der Waals surface area contributed by atoms with Gasteiger partial charge in [-0.1, -0.05) is 30.3 Å². The highest BCUT2D eigenvalue weighted by molar-refractivity contribution is 5.97. The highest BCUT2D eigenvalue weighted by Crippen LogP contribution is 2.28. The van der Waals surface area contributed by atoms with Gasteiger partial charge in [0.15, 0.2) is 5.82 Å². The summed E-state index contributed by atoms with van der Waals surface area (Å²) in [6.07, 6.45) is 2.76. The molecular formula is C28H31N5O3. The lowest BCUT2D eigenvalue weighted by Gasteiger charge is -2.27. The molecule has 0 N–H and O–H groups in total. The van der Waals surface area contributed by atoms with E-state index in [4.69, 9.17) is 4.74 Å². The summed E-state index contributed by atoms with van der Waals surface area (Å²) in [6.45, 7) is 2.87. The number of rotatable bonds is 7. The third kappa shape index (κ3) is 5.48. The van der Waals surface area contributed by atoms with Crippen LogP contribution in [0.3, 0.4) is 0 Å². The Morgan fingerprint density at radius 3 is 2.50 bits per heavy atom. The summed E-state index contributed by atoms with van der Waals surface area (Å²) in [6, 6.07) is 21.1. The minimum Gasteiger partial charge on any atom is -0.497 e. The summed E-state index contributed by atoms with van der Waals surface area (Å²) in [4.78, 5) is 32.0. The third-order valence-electron chi connectivity index (χ3n) is 6.76. The maximum Gasteiger partial charge on any atom is 0.254 e. The topological polar surface area (TPSA) is 78.9 Å². The molecule has 2 heterocycles. The molecule has 1 aromatic heterocycles. The average Bonchev–Trinajstić information content (AvgIpc) is 3.79. The molecule has 0 unspecified atom stereocenters. The molecule has 2 aromatic carbocycles. The molecule has 1 aliphatic carbocycles. The molecule has 36 heavy (non-hydrogen) atoms. The van der Waals surface area contributed by atoms with Crippen molar-refractivity contribution in [3.8, 4) is 17.0 Å². The predicted molar refractivity (Wildman–Crippen MR) is 138 cm³/mol. The molecule has 1 aliphatic heterocycles. The number of carbonyl (C=O) groups excluding carboxylic acids is 2. The van der Waals surface area contributed by atoms with Gasteiger partial charge in [0.1, 0.15) is 12.3 Å². The van der Waals surface area contributed by atoms with E-state index in [-0.39, 0.29) is 24.4 Å². The molecule has 0 atom stereocenters. The third-order valence-corrected chi connectivity index (χ3v) is 6.76. The van der Waals surface area contributed by atoms with Crippen LogP contribution in [0.5, 0.6) is 5.75 Å². The zero-order valence-electron chi connectivity index (χ0n) is 20.5. The maximum absolute atomic E-state index is 13.2. The molecule has 2 amide bonds. The van der Waals surface area contributed by atoms with Crippen LogP contribution in [0.2, 0.25) is 0 Å². The van der Waals surface area contributed by atoms with E-state index in [2.05, 4.69) is 15.1 Å². The Labute approximate surface area is 211 Å². The van der Waals surface area contributed by atoms with Crippen LogP contribution in [0.4, 0.5) is 5.82 Å². The van der Waals surface area contributed by atoms with E-state index >= 15 is 0 Å². The Morgan fingerprint density at radius 2 is 1.78 bits per heavy atom. The first-order valence-electron chi connectivity index (χ1n) is 12.5. The quantitative estimate of drug-likeness (QED) is 0.510. The number of anilines is 1. The number of carbonyl (C=O) groups is 2. The molecule has 1 saturated carbocycles. The summed E-state index contributed by atoms with van der Waals surface area (Å²) < 4.78 is 5.30. The van der Waals surface area contributed by atoms with Gasteiger partial charge in [-0.05, 0) is 55.7 Å². The fraction of sp³-hybridized carbons (Fsp3) is 0.357. The molecule has 0 bridgehead atoms. The Morgan fingerprint density at radius 1 is 0.944 bits per heavy atom. The lowest BCUT2D eigenvalue weighted by molar-refractivity contribution is -0.131. The first-order valence-corrected chi connectivity index (χ1v) is 12.5. The highest BCUT2D eigenvalue weighted by atomic mass is 16.5. The van der Waals surface area contributed by atoms with E-state index in [1.807, 2.05) is 71.6 Å². The van der Waals surface area contributed by atoms with E-state index in [1.54, 1.807) is 12.0 Å². The largest absolute Gasteiger partial charge is 0.497 e. The van der Waals surface area contributed by atoms with Gasteiger partial charge in [-0.15, -0.1) is 10.2 Å². The molecule has 2 fully saturated rings. The number of ether oxygens (including phenoxy) is 1. The minimum absolute atomic E-state index is 0.00693. The van der Waals surface area contributed by atoms with E-state index in [0.29, 0.717) is 25.2 Å². The fourth-order valence-electron chi connectivity index (χ4n) is 4.57. The van der Waals surface area contributed by atoms with E-state index in [0.717, 1.165) is 48.6 Å². The SMILES string of the molecule is COc1cccc(-c2ccc(N3CCCN(C(=O)CN(C(=O)c4ccccc4)C4CC4)CC3)nn2)c1. The van der Waals surface area contributed by atoms with Crippen LogP contribution in [-0.2, 0) is 4.79 Å². The van der Waals surface area contributed by atoms with Gasteiger partial charge in [0.2, 0.25) is 5.91 Å². The first kappa shape index (κ1) is 23.8. The van der Waals surface area contributed by atoms with Gasteiger partial charge in [0, 0.05) is 43.3 Å². The number of hydrogen-bond donors (Lipinski definition) is 0. The Hall–Kier alpha value is -3.94. The molecule has 0 radical (unpaired) electrons. The van der Waals surface area contributed by atoms with Crippen molar-refractivity contribution >= 4 is 17.6 Å². The van der Waals surface area contributed by atoms with Gasteiger partial charge in [0.05, 0.1) is 12.8 Å². The summed E-state index contributed by atoms with van der Waals surface area (Å²) in [7, 11) is 1.64. The van der Waals surface area contributed by atoms with Crippen molar-refractivity contribution in [1.82, 2.24) is 20.0 Å². The van der Waals surface area contributed by atoms with E-state index in [1.165, 1.54) is 0 Å². The summed E-state index contributed by atoms with van der Waals surface area (Å²) in [5.41, 5.74) is 2.37. The highest BCUT2D eigenvalue weighted by Gasteiger charge is 2.35. The van der Waals surface area contributed by atoms with Crippen molar-refractivity contribution in [3.63, 3.8) is 0 Å². The Bertz CT molecular complexity index is 1200. The first-order chi connectivity index (χ1) is 17.6. The monoisotopic (exact) mass is 485 g/mol. The lowest BCUT2D eigenvalue weighted by Crippen LogP contribution is -2.45. The zero-order chi connectivity index (χ0) is 24.9. The number of amides is 2. The van der Waals surface area contributed by atoms with Crippen molar-refractivity contribution < 1.29 is 14.3 Å². The number of methoxy groups -OCH3 is 1. The number of nitrogens with zero attached hydrogens (tertiary/aromatic N) is 5. The standard InChI is InChI=1S/C28H31N5O3/c1-36-24-10-5-9-22(19-24)25-13-14-26(30-29-25)31-15-6-16-32(18-17-31)27(34)20-33(23-11-12-23)28(35)21-7-3-2-4-8-21/h2-5,7-10,13-14,19,23H,6,11-12,15-18,20H2,1H3. The van der Waals surface area contributed by atoms with Crippen LogP contribution in [0.1, 0.15) is 29.6 Å². The fourth-order valence-corrected chi connectivity index (χ4v) is 4.57. The van der Waals surface area contributed by atoms with Crippen molar-refractivity contribution in [1.29, 1.82) is 0 Å². The minimum atomic E-state index is -0.0608. The van der Waals surface area contributed by atoms with Gasteiger partial charge >= 0.3 is 0 Å². The number of hydrogen-bond acceptors (Lipinski definition) is 6. The van der Waals surface area contributed by atoms with E-state index < -0.39 is 0 Å². The van der Waals surface area contributed by atoms with Crippen LogP contribution in [-0.4, -0.2) is 77.7 Å². The van der Waals surface area contributed by atoms with Crippen LogP contribution in [0.15, 0.2) is 66.7 Å². The van der Waals surface area contributed by atoms with Crippen molar-refractivity contribution in [2.75, 3.05) is 44.7 Å². The molecule has 2 aliphatic rings. The molecule has 3 aromatic rings. The van der Waals surface area contributed by atoms with Crippen molar-refractivity contribution in [2.24, 2.45) is 0 Å². The lowest BCUT2D eigenvalue weighted by atomic mass is 10.1. The van der Waals surface area contributed by atoms with Crippen LogP contribution >= 0.6 is 0 Å². The molecule has 8 heteroatoms. The second-order valence-electron chi connectivity index (χ2n) is 9.26. The van der Waals surface area contributed by atoms with Gasteiger partial charge in [0.25, 0.3) is 5.91 Å². The maximum atomic E-state index is 13.2. The summed E-state index contributed by atoms with van der Waals surface area (Å²) in [5, 5.41) is 8.89. The van der Waals surface area contributed by atoms with Crippen molar-refractivity contribution in [3.05, 3.63) is 72.3 Å². The molecule has 1 saturated heterocycles. The number of aromatic nitrogens is 2. The Kier molecular flexibility index (Phi) is 7.11. The average molecular weight is 486 g/mol.